The van der Waals surface area contributed by atoms with E-state index in [0.717, 1.165) is 0 Å². The third-order valence-corrected chi connectivity index (χ3v) is 4.51. The summed E-state index contributed by atoms with van der Waals surface area (Å²) in [5.41, 5.74) is 2.99. The number of hydrazone groups is 1. The van der Waals surface area contributed by atoms with Crippen LogP contribution in [0.5, 0.6) is 11.5 Å². The molecule has 0 aliphatic carbocycles. The molecule has 0 spiro atoms. The van der Waals surface area contributed by atoms with Gasteiger partial charge in [0.15, 0.2) is 6.61 Å². The Labute approximate surface area is 191 Å². The smallest absolute Gasteiger partial charge is 0.336 e. The van der Waals surface area contributed by atoms with Crippen LogP contribution in [0.4, 0.5) is 0 Å². The van der Waals surface area contributed by atoms with Crippen LogP contribution in [0.1, 0.15) is 11.3 Å². The summed E-state index contributed by atoms with van der Waals surface area (Å²) in [5.74, 6) is 0.369. The van der Waals surface area contributed by atoms with E-state index < -0.39 is 11.9 Å². The second-order valence-corrected chi connectivity index (χ2v) is 7.29. The third kappa shape index (κ3) is 7.44. The van der Waals surface area contributed by atoms with Gasteiger partial charge in [-0.2, -0.15) is 5.10 Å². The number of amides is 1. The van der Waals surface area contributed by atoms with Gasteiger partial charge in [0.25, 0.3) is 5.91 Å². The minimum atomic E-state index is -0.552. The molecule has 9 heteroatoms. The highest BCUT2D eigenvalue weighted by Crippen LogP contribution is 2.27. The maximum Gasteiger partial charge on any atom is 0.336 e. The fourth-order valence-electron chi connectivity index (χ4n) is 2.29. The molecule has 0 aliphatic heterocycles. The molecule has 0 bridgehead atoms. The van der Waals surface area contributed by atoms with Crippen molar-refractivity contribution in [2.45, 2.75) is 0 Å². The molecule has 0 unspecified atom stereocenters. The molecule has 1 N–H and O–H groups in total. The van der Waals surface area contributed by atoms with Crippen LogP contribution >= 0.6 is 27.5 Å². The Morgan fingerprint density at radius 1 is 1.16 bits per heavy atom. The molecule has 7 nitrogen and oxygen atoms in total. The molecule has 3 aromatic rings. The average Bonchev–Trinajstić information content (AvgIpc) is 3.26. The summed E-state index contributed by atoms with van der Waals surface area (Å²) >= 11 is 9.17. The lowest BCUT2D eigenvalue weighted by atomic mass is 10.2. The maximum absolute atomic E-state index is 11.9. The number of halogens is 2. The van der Waals surface area contributed by atoms with Gasteiger partial charge in [-0.3, -0.25) is 4.79 Å². The van der Waals surface area contributed by atoms with Gasteiger partial charge in [0, 0.05) is 11.1 Å². The molecule has 0 fully saturated rings. The van der Waals surface area contributed by atoms with Crippen molar-refractivity contribution in [1.82, 2.24) is 5.43 Å². The summed E-state index contributed by atoms with van der Waals surface area (Å²) in [5, 5.41) is 4.43. The van der Waals surface area contributed by atoms with E-state index in [1.807, 2.05) is 0 Å². The van der Waals surface area contributed by atoms with E-state index in [0.29, 0.717) is 32.3 Å². The lowest BCUT2D eigenvalue weighted by Gasteiger charge is -2.07. The monoisotopic (exact) mass is 502 g/mol. The van der Waals surface area contributed by atoms with Crippen molar-refractivity contribution in [3.63, 3.8) is 0 Å². The van der Waals surface area contributed by atoms with E-state index in [1.165, 1.54) is 24.6 Å². The molecule has 0 saturated heterocycles. The largest absolute Gasteiger partial charge is 0.483 e. The first-order chi connectivity index (χ1) is 15.0. The van der Waals surface area contributed by atoms with Gasteiger partial charge in [-0.25, -0.2) is 10.2 Å². The highest BCUT2D eigenvalue weighted by molar-refractivity contribution is 9.10. The number of nitrogens with zero attached hydrogens (tertiary/aromatic N) is 1. The first-order valence-corrected chi connectivity index (χ1v) is 10.1. The third-order valence-electron chi connectivity index (χ3n) is 3.66. The fourth-order valence-corrected chi connectivity index (χ4v) is 3.09. The highest BCUT2D eigenvalue weighted by Gasteiger charge is 2.06. The van der Waals surface area contributed by atoms with Crippen LogP contribution in [0, 0.1) is 0 Å². The van der Waals surface area contributed by atoms with E-state index in [1.54, 1.807) is 54.6 Å². The van der Waals surface area contributed by atoms with Gasteiger partial charge in [0.2, 0.25) is 0 Å². The van der Waals surface area contributed by atoms with E-state index in [4.69, 9.17) is 25.5 Å². The lowest BCUT2D eigenvalue weighted by molar-refractivity contribution is -0.129. The summed E-state index contributed by atoms with van der Waals surface area (Å²) in [6, 6.07) is 15.1. The van der Waals surface area contributed by atoms with Crippen LogP contribution in [0.25, 0.3) is 6.08 Å². The zero-order valence-corrected chi connectivity index (χ0v) is 18.3. The van der Waals surface area contributed by atoms with E-state index in [9.17, 15) is 9.59 Å². The Hall–Kier alpha value is -3.36. The predicted molar refractivity (Wildman–Crippen MR) is 120 cm³/mol. The molecule has 0 atom stereocenters. The quantitative estimate of drug-likeness (QED) is 0.156. The second-order valence-electron chi connectivity index (χ2n) is 6.00. The molecule has 0 aliphatic rings. The summed E-state index contributed by atoms with van der Waals surface area (Å²) < 4.78 is 16.4. The normalized spacial score (nSPS) is 11.0. The van der Waals surface area contributed by atoms with Gasteiger partial charge < -0.3 is 13.9 Å². The van der Waals surface area contributed by atoms with Gasteiger partial charge in [0.05, 0.1) is 17.0 Å². The number of rotatable bonds is 8. The number of hydrogen-bond acceptors (Lipinski definition) is 6. The van der Waals surface area contributed by atoms with Gasteiger partial charge in [-0.15, -0.1) is 0 Å². The Balaban J connectivity index is 1.48. The van der Waals surface area contributed by atoms with Crippen molar-refractivity contribution in [3.8, 4) is 11.5 Å². The van der Waals surface area contributed by atoms with Gasteiger partial charge in [0.1, 0.15) is 17.3 Å². The number of furan rings is 1. The number of carbonyl (C=O) groups excluding carboxylic acids is 2. The molecule has 158 valence electrons. The molecule has 3 rings (SSSR count). The maximum atomic E-state index is 11.9. The summed E-state index contributed by atoms with van der Waals surface area (Å²) in [6.07, 6.45) is 5.70. The average molecular weight is 504 g/mol. The van der Waals surface area contributed by atoms with E-state index in [2.05, 4.69) is 26.5 Å². The minimum absolute atomic E-state index is 0.225. The van der Waals surface area contributed by atoms with Crippen molar-refractivity contribution in [2.24, 2.45) is 5.10 Å². The van der Waals surface area contributed by atoms with Crippen molar-refractivity contribution < 1.29 is 23.5 Å². The Kier molecular flexibility index (Phi) is 8.03. The molecule has 0 saturated carbocycles. The standard InChI is InChI=1S/C22H16BrClN2O5/c23-19-12-16(24)6-8-20(19)30-14-21(27)26-25-13-15-3-1-4-18(11-15)31-22(28)9-7-17-5-2-10-29-17/h1-13H,14H2,(H,26,27). The minimum Gasteiger partial charge on any atom is -0.483 e. The van der Waals surface area contributed by atoms with E-state index in [-0.39, 0.29) is 6.61 Å². The Morgan fingerprint density at radius 2 is 2.03 bits per heavy atom. The number of carbonyl (C=O) groups is 2. The molecule has 1 heterocycles. The van der Waals surface area contributed by atoms with Crippen LogP contribution in [0.3, 0.4) is 0 Å². The van der Waals surface area contributed by atoms with Crippen molar-refractivity contribution in [3.05, 3.63) is 87.8 Å². The van der Waals surface area contributed by atoms with Gasteiger partial charge in [-0.1, -0.05) is 23.7 Å². The molecule has 2 aromatic carbocycles. The molecule has 31 heavy (non-hydrogen) atoms. The predicted octanol–water partition coefficient (Wildman–Crippen LogP) is 4.84. The van der Waals surface area contributed by atoms with Crippen molar-refractivity contribution in [1.29, 1.82) is 0 Å². The number of benzene rings is 2. The molecule has 0 radical (unpaired) electrons. The van der Waals surface area contributed by atoms with Crippen LogP contribution in [0.15, 0.2) is 80.9 Å². The number of hydrogen-bond donors (Lipinski definition) is 1. The molecule has 1 aromatic heterocycles. The SMILES string of the molecule is O=C(COc1ccc(Cl)cc1Br)NN=Cc1cccc(OC(=O)C=Cc2ccco2)c1. The highest BCUT2D eigenvalue weighted by atomic mass is 79.9. The zero-order valence-electron chi connectivity index (χ0n) is 16.0. The molecule has 1 amide bonds. The summed E-state index contributed by atoms with van der Waals surface area (Å²) in [4.78, 5) is 23.8. The van der Waals surface area contributed by atoms with Crippen LogP contribution in [0.2, 0.25) is 5.02 Å². The Bertz CT molecular complexity index is 1110. The first-order valence-electron chi connectivity index (χ1n) is 8.93. The van der Waals surface area contributed by atoms with Gasteiger partial charge >= 0.3 is 5.97 Å². The number of ether oxygens (including phenoxy) is 2. The summed E-state index contributed by atoms with van der Waals surface area (Å²) in [6.45, 7) is -0.225. The first kappa shape index (κ1) is 22.3. The second kappa shape index (κ2) is 11.1. The van der Waals surface area contributed by atoms with Crippen LogP contribution in [-0.4, -0.2) is 24.7 Å². The van der Waals surface area contributed by atoms with Crippen LogP contribution in [-0.2, 0) is 9.59 Å². The van der Waals surface area contributed by atoms with Gasteiger partial charge in [-0.05, 0) is 70.0 Å². The number of esters is 1. The number of nitrogens with one attached hydrogen (secondary N) is 1. The van der Waals surface area contributed by atoms with Crippen LogP contribution < -0.4 is 14.9 Å². The molecular formula is C22H16BrClN2O5. The Morgan fingerprint density at radius 3 is 2.81 bits per heavy atom. The summed E-state index contributed by atoms with van der Waals surface area (Å²) in [7, 11) is 0. The van der Waals surface area contributed by atoms with E-state index >= 15 is 0 Å². The fraction of sp³-hybridized carbons (Fsp3) is 0.0455. The topological polar surface area (TPSA) is 90.1 Å². The lowest BCUT2D eigenvalue weighted by Crippen LogP contribution is -2.24. The zero-order chi connectivity index (χ0) is 22.1. The van der Waals surface area contributed by atoms with Crippen molar-refractivity contribution in [2.75, 3.05) is 6.61 Å². The van der Waals surface area contributed by atoms with Crippen molar-refractivity contribution >= 4 is 51.7 Å². The molecular weight excluding hydrogens is 488 g/mol.